The molecule has 0 unspecified atom stereocenters. The summed E-state index contributed by atoms with van der Waals surface area (Å²) < 4.78 is 11.1. The summed E-state index contributed by atoms with van der Waals surface area (Å²) in [6, 6.07) is 9.32. The van der Waals surface area contributed by atoms with Crippen LogP contribution >= 0.6 is 0 Å². The van der Waals surface area contributed by atoms with Gasteiger partial charge in [-0.2, -0.15) is 0 Å². The Kier molecular flexibility index (Phi) is 5.39. The van der Waals surface area contributed by atoms with Crippen molar-refractivity contribution in [3.63, 3.8) is 0 Å². The van der Waals surface area contributed by atoms with E-state index in [0.29, 0.717) is 0 Å². The SMILES string of the molecule is CO[C@@H]([C@@H]1CCCN1)[C@@H](C)C(=O)N1C(=O)O[C@@H](c2ccccc2)[C@H]1C. The number of benzene rings is 1. The van der Waals surface area contributed by atoms with Crippen molar-refractivity contribution >= 4 is 12.0 Å². The predicted octanol–water partition coefficient (Wildman–Crippen LogP) is 2.50. The maximum Gasteiger partial charge on any atom is 0.417 e. The third kappa shape index (κ3) is 3.41. The highest BCUT2D eigenvalue weighted by Crippen LogP contribution is 2.34. The molecule has 3 rings (SSSR count). The highest BCUT2D eigenvalue weighted by molar-refractivity contribution is 5.95. The average Bonchev–Trinajstić information content (AvgIpc) is 3.24. The van der Waals surface area contributed by atoms with Gasteiger partial charge in [-0.25, -0.2) is 9.69 Å². The Morgan fingerprint density at radius 2 is 2.08 bits per heavy atom. The summed E-state index contributed by atoms with van der Waals surface area (Å²) in [6.45, 7) is 4.61. The molecular formula is C19H26N2O4. The lowest BCUT2D eigenvalue weighted by Gasteiger charge is -2.30. The van der Waals surface area contributed by atoms with Crippen LogP contribution in [0.1, 0.15) is 38.4 Å². The predicted molar refractivity (Wildman–Crippen MR) is 93.0 cm³/mol. The number of rotatable bonds is 5. The molecule has 1 N–H and O–H groups in total. The van der Waals surface area contributed by atoms with E-state index in [0.717, 1.165) is 24.9 Å². The van der Waals surface area contributed by atoms with Crippen molar-refractivity contribution in [2.75, 3.05) is 13.7 Å². The highest BCUT2D eigenvalue weighted by atomic mass is 16.6. The average molecular weight is 346 g/mol. The van der Waals surface area contributed by atoms with Gasteiger partial charge in [0.05, 0.1) is 18.1 Å². The van der Waals surface area contributed by atoms with E-state index in [4.69, 9.17) is 9.47 Å². The number of carbonyl (C=O) groups is 2. The monoisotopic (exact) mass is 346 g/mol. The molecule has 2 heterocycles. The number of cyclic esters (lactones) is 1. The van der Waals surface area contributed by atoms with E-state index in [1.165, 1.54) is 4.90 Å². The molecule has 136 valence electrons. The summed E-state index contributed by atoms with van der Waals surface area (Å²) in [5.41, 5.74) is 0.895. The van der Waals surface area contributed by atoms with Gasteiger partial charge in [0.25, 0.3) is 0 Å². The minimum atomic E-state index is -0.576. The minimum Gasteiger partial charge on any atom is -0.439 e. The molecule has 0 saturated carbocycles. The number of methoxy groups -OCH3 is 1. The van der Waals surface area contributed by atoms with Crippen LogP contribution in [0.15, 0.2) is 30.3 Å². The van der Waals surface area contributed by atoms with Crippen LogP contribution in [0.5, 0.6) is 0 Å². The van der Waals surface area contributed by atoms with Gasteiger partial charge in [-0.05, 0) is 31.9 Å². The second kappa shape index (κ2) is 7.54. The van der Waals surface area contributed by atoms with Crippen LogP contribution in [0.2, 0.25) is 0 Å². The normalized spacial score (nSPS) is 28.7. The molecule has 6 heteroatoms. The summed E-state index contributed by atoms with van der Waals surface area (Å²) in [5, 5.41) is 3.38. The molecule has 2 aliphatic heterocycles. The molecule has 2 saturated heterocycles. The van der Waals surface area contributed by atoms with E-state index in [1.807, 2.05) is 44.2 Å². The summed E-state index contributed by atoms with van der Waals surface area (Å²) in [5.74, 6) is -0.665. The molecule has 0 aromatic heterocycles. The Morgan fingerprint density at radius 3 is 2.68 bits per heavy atom. The molecule has 6 nitrogen and oxygen atoms in total. The molecule has 25 heavy (non-hydrogen) atoms. The van der Waals surface area contributed by atoms with Crippen molar-refractivity contribution in [3.8, 4) is 0 Å². The maximum absolute atomic E-state index is 13.0. The molecular weight excluding hydrogens is 320 g/mol. The topological polar surface area (TPSA) is 67.9 Å². The Labute approximate surface area is 148 Å². The first-order valence-electron chi connectivity index (χ1n) is 8.89. The lowest BCUT2D eigenvalue weighted by atomic mass is 9.94. The zero-order valence-corrected chi connectivity index (χ0v) is 15.0. The number of amides is 2. The number of hydrogen-bond acceptors (Lipinski definition) is 5. The quantitative estimate of drug-likeness (QED) is 0.887. The van der Waals surface area contributed by atoms with Crippen LogP contribution in [0.25, 0.3) is 0 Å². The van der Waals surface area contributed by atoms with E-state index < -0.39 is 18.1 Å². The van der Waals surface area contributed by atoms with Gasteiger partial charge >= 0.3 is 6.09 Å². The zero-order chi connectivity index (χ0) is 18.0. The fourth-order valence-electron chi connectivity index (χ4n) is 3.91. The zero-order valence-electron chi connectivity index (χ0n) is 15.0. The molecule has 5 atom stereocenters. The third-order valence-electron chi connectivity index (χ3n) is 5.28. The standard InChI is InChI=1S/C19H26N2O4/c1-12(16(24-3)15-10-7-11-20-15)18(22)21-13(2)17(25-19(21)23)14-8-5-4-6-9-14/h4-6,8-9,12-13,15-17,20H,7,10-11H2,1-3H3/t12-,13-,15+,16-,17-/m1/s1. The molecule has 2 aliphatic rings. The summed E-state index contributed by atoms with van der Waals surface area (Å²) in [7, 11) is 1.62. The molecule has 1 aromatic rings. The number of nitrogens with zero attached hydrogens (tertiary/aromatic N) is 1. The van der Waals surface area contributed by atoms with Crippen molar-refractivity contribution < 1.29 is 19.1 Å². The van der Waals surface area contributed by atoms with E-state index in [-0.39, 0.29) is 24.1 Å². The molecule has 1 aromatic carbocycles. The van der Waals surface area contributed by atoms with Crippen molar-refractivity contribution in [1.29, 1.82) is 0 Å². The number of ether oxygens (including phenoxy) is 2. The van der Waals surface area contributed by atoms with Crippen LogP contribution < -0.4 is 5.32 Å². The van der Waals surface area contributed by atoms with Gasteiger partial charge in [0, 0.05) is 13.2 Å². The molecule has 0 bridgehead atoms. The Morgan fingerprint density at radius 1 is 1.36 bits per heavy atom. The Hall–Kier alpha value is -1.92. The van der Waals surface area contributed by atoms with Gasteiger partial charge in [-0.1, -0.05) is 37.3 Å². The van der Waals surface area contributed by atoms with Crippen molar-refractivity contribution in [3.05, 3.63) is 35.9 Å². The number of nitrogens with one attached hydrogen (secondary N) is 1. The first-order chi connectivity index (χ1) is 12.0. The summed E-state index contributed by atoms with van der Waals surface area (Å²) in [4.78, 5) is 26.6. The fraction of sp³-hybridized carbons (Fsp3) is 0.579. The van der Waals surface area contributed by atoms with Crippen molar-refractivity contribution in [2.45, 2.75) is 51.0 Å². The van der Waals surface area contributed by atoms with Gasteiger partial charge in [-0.3, -0.25) is 4.79 Å². The summed E-state index contributed by atoms with van der Waals surface area (Å²) >= 11 is 0. The number of carbonyl (C=O) groups excluding carboxylic acids is 2. The smallest absolute Gasteiger partial charge is 0.417 e. The molecule has 2 fully saturated rings. The highest BCUT2D eigenvalue weighted by Gasteiger charge is 2.46. The van der Waals surface area contributed by atoms with Crippen LogP contribution in [0.3, 0.4) is 0 Å². The van der Waals surface area contributed by atoms with Gasteiger partial charge in [0.15, 0.2) is 0 Å². The van der Waals surface area contributed by atoms with E-state index in [9.17, 15) is 9.59 Å². The van der Waals surface area contributed by atoms with Gasteiger partial charge in [-0.15, -0.1) is 0 Å². The minimum absolute atomic E-state index is 0.141. The van der Waals surface area contributed by atoms with E-state index in [1.54, 1.807) is 7.11 Å². The van der Waals surface area contributed by atoms with Crippen LogP contribution in [-0.2, 0) is 14.3 Å². The largest absolute Gasteiger partial charge is 0.439 e. The van der Waals surface area contributed by atoms with Crippen LogP contribution in [0.4, 0.5) is 4.79 Å². The molecule has 0 radical (unpaired) electrons. The van der Waals surface area contributed by atoms with Crippen LogP contribution in [-0.4, -0.2) is 48.7 Å². The fourth-order valence-corrected chi connectivity index (χ4v) is 3.91. The van der Waals surface area contributed by atoms with E-state index in [2.05, 4.69) is 5.32 Å². The van der Waals surface area contributed by atoms with Gasteiger partial charge in [0.1, 0.15) is 6.10 Å². The van der Waals surface area contributed by atoms with Crippen LogP contribution in [0, 0.1) is 5.92 Å². The number of hydrogen-bond donors (Lipinski definition) is 1. The van der Waals surface area contributed by atoms with E-state index >= 15 is 0 Å². The Balaban J connectivity index is 1.75. The number of imide groups is 1. The molecule has 0 aliphatic carbocycles. The van der Waals surface area contributed by atoms with Gasteiger partial charge < -0.3 is 14.8 Å². The maximum atomic E-state index is 13.0. The van der Waals surface area contributed by atoms with Crippen molar-refractivity contribution in [2.24, 2.45) is 5.92 Å². The second-order valence-electron chi connectivity index (χ2n) is 6.86. The first kappa shape index (κ1) is 17.9. The first-order valence-corrected chi connectivity index (χ1v) is 8.89. The molecule has 2 amide bonds. The lowest BCUT2D eigenvalue weighted by molar-refractivity contribution is -0.138. The third-order valence-corrected chi connectivity index (χ3v) is 5.28. The summed E-state index contributed by atoms with van der Waals surface area (Å²) in [6.07, 6.45) is 0.778. The van der Waals surface area contributed by atoms with Crippen molar-refractivity contribution in [1.82, 2.24) is 10.2 Å². The molecule has 0 spiro atoms. The van der Waals surface area contributed by atoms with Gasteiger partial charge in [0.2, 0.25) is 5.91 Å². The lowest BCUT2D eigenvalue weighted by Crippen LogP contribution is -2.49. The second-order valence-corrected chi connectivity index (χ2v) is 6.86. The Bertz CT molecular complexity index is 615.